The van der Waals surface area contributed by atoms with Crippen molar-refractivity contribution in [2.75, 3.05) is 44.8 Å². The number of nitrogens with zero attached hydrogens (tertiary/aromatic N) is 3. The van der Waals surface area contributed by atoms with Crippen LogP contribution in [0.4, 0.5) is 5.82 Å². The Bertz CT molecular complexity index is 704. The molecule has 3 rings (SSSR count). The Morgan fingerprint density at radius 1 is 1.30 bits per heavy atom. The predicted octanol–water partition coefficient (Wildman–Crippen LogP) is 3.07. The van der Waals surface area contributed by atoms with E-state index in [-0.39, 0.29) is 24.0 Å². The molecule has 0 spiro atoms. The fraction of sp³-hybridized carbons (Fsp3) is 0.474. The maximum Gasteiger partial charge on any atom is 0.191 e. The van der Waals surface area contributed by atoms with Crippen LogP contribution in [-0.4, -0.2) is 50.8 Å². The second-order valence-electron chi connectivity index (χ2n) is 6.31. The van der Waals surface area contributed by atoms with Gasteiger partial charge in [0.05, 0.1) is 13.2 Å². The van der Waals surface area contributed by atoms with E-state index in [1.165, 1.54) is 10.4 Å². The van der Waals surface area contributed by atoms with Crippen molar-refractivity contribution in [3.63, 3.8) is 0 Å². The number of halogens is 1. The number of hydrogen-bond acceptors (Lipinski definition) is 5. The second-order valence-corrected chi connectivity index (χ2v) is 7.29. The summed E-state index contributed by atoms with van der Waals surface area (Å²) < 4.78 is 5.45. The maximum atomic E-state index is 5.45. The summed E-state index contributed by atoms with van der Waals surface area (Å²) in [7, 11) is 1.80. The van der Waals surface area contributed by atoms with Crippen LogP contribution in [0.2, 0.25) is 0 Å². The first-order valence-corrected chi connectivity index (χ1v) is 9.90. The molecule has 0 radical (unpaired) electrons. The number of aromatic nitrogens is 1. The molecule has 1 aliphatic heterocycles. The molecule has 0 saturated carbocycles. The van der Waals surface area contributed by atoms with Gasteiger partial charge in [-0.25, -0.2) is 4.98 Å². The standard InChI is InChI=1S/C19H27N5OS.HI/c1-15(17-6-4-12-26-17)13-22-19(20-2)23-14-16-5-3-7-21-18(16)24-8-10-25-11-9-24;/h3-7,12,15H,8-11,13-14H2,1-2H3,(H2,20,22,23);1H. The zero-order valence-electron chi connectivity index (χ0n) is 15.9. The zero-order valence-corrected chi connectivity index (χ0v) is 19.0. The lowest BCUT2D eigenvalue weighted by Crippen LogP contribution is -2.40. The molecule has 6 nitrogen and oxygen atoms in total. The van der Waals surface area contributed by atoms with Crippen molar-refractivity contribution in [3.05, 3.63) is 46.3 Å². The molecular weight excluding hydrogens is 473 g/mol. The van der Waals surface area contributed by atoms with Gasteiger partial charge in [-0.1, -0.05) is 19.1 Å². The van der Waals surface area contributed by atoms with E-state index in [1.807, 2.05) is 12.3 Å². The number of ether oxygens (including phenoxy) is 1. The molecule has 1 unspecified atom stereocenters. The summed E-state index contributed by atoms with van der Waals surface area (Å²) in [5.41, 5.74) is 1.17. The van der Waals surface area contributed by atoms with Crippen LogP contribution in [0.3, 0.4) is 0 Å². The molecule has 1 fully saturated rings. The minimum atomic E-state index is 0. The molecule has 0 amide bonds. The Balaban J connectivity index is 0.00000261. The van der Waals surface area contributed by atoms with Crippen molar-refractivity contribution in [2.24, 2.45) is 4.99 Å². The van der Waals surface area contributed by atoms with Crippen LogP contribution in [0.15, 0.2) is 40.8 Å². The number of rotatable bonds is 6. The summed E-state index contributed by atoms with van der Waals surface area (Å²) in [6.07, 6.45) is 1.85. The average Bonchev–Trinajstić information content (AvgIpc) is 3.24. The van der Waals surface area contributed by atoms with Crippen molar-refractivity contribution in [1.82, 2.24) is 15.6 Å². The summed E-state index contributed by atoms with van der Waals surface area (Å²) in [5, 5.41) is 8.95. The van der Waals surface area contributed by atoms with Crippen molar-refractivity contribution in [1.29, 1.82) is 0 Å². The lowest BCUT2D eigenvalue weighted by molar-refractivity contribution is 0.122. The minimum Gasteiger partial charge on any atom is -0.378 e. The van der Waals surface area contributed by atoms with Gasteiger partial charge in [-0.15, -0.1) is 35.3 Å². The summed E-state index contributed by atoms with van der Waals surface area (Å²) in [6, 6.07) is 8.37. The molecule has 0 bridgehead atoms. The summed E-state index contributed by atoms with van der Waals surface area (Å²) in [6.45, 7) is 7.05. The minimum absolute atomic E-state index is 0. The van der Waals surface area contributed by atoms with Gasteiger partial charge in [-0.05, 0) is 17.5 Å². The van der Waals surface area contributed by atoms with Gasteiger partial charge < -0.3 is 20.3 Å². The first kappa shape index (κ1) is 21.9. The first-order valence-electron chi connectivity index (χ1n) is 9.02. The molecule has 1 saturated heterocycles. The van der Waals surface area contributed by atoms with Gasteiger partial charge in [0, 0.05) is 55.8 Å². The van der Waals surface area contributed by atoms with Crippen LogP contribution < -0.4 is 15.5 Å². The van der Waals surface area contributed by atoms with Crippen LogP contribution in [0.1, 0.15) is 23.3 Å². The monoisotopic (exact) mass is 501 g/mol. The fourth-order valence-electron chi connectivity index (χ4n) is 2.95. The summed E-state index contributed by atoms with van der Waals surface area (Å²) in [5.74, 6) is 2.30. The van der Waals surface area contributed by atoms with Gasteiger partial charge in [0.2, 0.25) is 0 Å². The van der Waals surface area contributed by atoms with E-state index in [1.54, 1.807) is 18.4 Å². The third-order valence-corrected chi connectivity index (χ3v) is 5.56. The van der Waals surface area contributed by atoms with Crippen molar-refractivity contribution >= 4 is 47.1 Å². The van der Waals surface area contributed by atoms with E-state index in [2.05, 4.69) is 56.0 Å². The van der Waals surface area contributed by atoms with E-state index in [4.69, 9.17) is 4.74 Å². The SMILES string of the molecule is CN=C(NCc1cccnc1N1CCOCC1)NCC(C)c1cccs1.I. The third kappa shape index (κ3) is 6.32. The normalized spacial score (nSPS) is 15.8. The highest BCUT2D eigenvalue weighted by Crippen LogP contribution is 2.20. The highest BCUT2D eigenvalue weighted by Gasteiger charge is 2.16. The molecular formula is C19H28IN5OS. The number of guanidine groups is 1. The van der Waals surface area contributed by atoms with Gasteiger partial charge in [0.15, 0.2) is 5.96 Å². The van der Waals surface area contributed by atoms with Gasteiger partial charge >= 0.3 is 0 Å². The van der Waals surface area contributed by atoms with Gasteiger partial charge in [-0.2, -0.15) is 0 Å². The van der Waals surface area contributed by atoms with Gasteiger partial charge in [0.1, 0.15) is 5.82 Å². The molecule has 3 heterocycles. The Hall–Kier alpha value is -1.39. The van der Waals surface area contributed by atoms with Crippen LogP contribution in [0.25, 0.3) is 0 Å². The maximum absolute atomic E-state index is 5.45. The number of nitrogens with one attached hydrogen (secondary N) is 2. The van der Waals surface area contributed by atoms with Crippen LogP contribution in [0, 0.1) is 0 Å². The largest absolute Gasteiger partial charge is 0.378 e. The number of pyridine rings is 1. The van der Waals surface area contributed by atoms with E-state index in [9.17, 15) is 0 Å². The van der Waals surface area contributed by atoms with E-state index >= 15 is 0 Å². The quantitative estimate of drug-likeness (QED) is 0.362. The number of anilines is 1. The van der Waals surface area contributed by atoms with Gasteiger partial charge in [-0.3, -0.25) is 4.99 Å². The van der Waals surface area contributed by atoms with E-state index in [0.717, 1.165) is 44.6 Å². The molecule has 1 aliphatic rings. The van der Waals surface area contributed by atoms with E-state index < -0.39 is 0 Å². The van der Waals surface area contributed by atoms with Crippen molar-refractivity contribution in [2.45, 2.75) is 19.4 Å². The highest BCUT2D eigenvalue weighted by atomic mass is 127. The molecule has 0 aliphatic carbocycles. The second kappa shape index (κ2) is 11.5. The van der Waals surface area contributed by atoms with Crippen molar-refractivity contribution < 1.29 is 4.74 Å². The van der Waals surface area contributed by atoms with Crippen LogP contribution in [0.5, 0.6) is 0 Å². The Morgan fingerprint density at radius 3 is 2.81 bits per heavy atom. The lowest BCUT2D eigenvalue weighted by Gasteiger charge is -2.29. The molecule has 8 heteroatoms. The summed E-state index contributed by atoms with van der Waals surface area (Å²) >= 11 is 1.79. The number of aliphatic imine (C=N–C) groups is 1. The summed E-state index contributed by atoms with van der Waals surface area (Å²) in [4.78, 5) is 12.6. The number of thiophene rings is 1. The van der Waals surface area contributed by atoms with Crippen LogP contribution in [-0.2, 0) is 11.3 Å². The molecule has 148 valence electrons. The molecule has 0 aromatic carbocycles. The Morgan fingerprint density at radius 2 is 2.11 bits per heavy atom. The Kier molecular flexibility index (Phi) is 9.29. The average molecular weight is 501 g/mol. The first-order chi connectivity index (χ1) is 12.8. The smallest absolute Gasteiger partial charge is 0.191 e. The number of morpholine rings is 1. The molecule has 2 N–H and O–H groups in total. The van der Waals surface area contributed by atoms with E-state index in [0.29, 0.717) is 12.5 Å². The van der Waals surface area contributed by atoms with Crippen molar-refractivity contribution in [3.8, 4) is 0 Å². The van der Waals surface area contributed by atoms with Crippen LogP contribution >= 0.6 is 35.3 Å². The molecule has 2 aromatic heterocycles. The Labute approximate surface area is 182 Å². The molecule has 2 aromatic rings. The lowest BCUT2D eigenvalue weighted by atomic mass is 10.1. The molecule has 1 atom stereocenters. The predicted molar refractivity (Wildman–Crippen MR) is 124 cm³/mol. The third-order valence-electron chi connectivity index (χ3n) is 4.45. The topological polar surface area (TPSA) is 61.8 Å². The molecule has 27 heavy (non-hydrogen) atoms. The number of hydrogen-bond donors (Lipinski definition) is 2. The van der Waals surface area contributed by atoms with Gasteiger partial charge in [0.25, 0.3) is 0 Å². The zero-order chi connectivity index (χ0) is 18.2. The fourth-order valence-corrected chi connectivity index (χ4v) is 3.74. The highest BCUT2D eigenvalue weighted by molar-refractivity contribution is 14.0.